The Morgan fingerprint density at radius 1 is 1.69 bits per heavy atom. The molecule has 0 fully saturated rings. The van der Waals surface area contributed by atoms with E-state index in [-0.39, 0.29) is 5.56 Å². The van der Waals surface area contributed by atoms with Crippen LogP contribution in [0.4, 0.5) is 0 Å². The lowest BCUT2D eigenvalue weighted by Crippen LogP contribution is -2.18. The van der Waals surface area contributed by atoms with Crippen LogP contribution in [0.25, 0.3) is 0 Å². The minimum atomic E-state index is -0.188. The molecule has 0 bridgehead atoms. The fourth-order valence-electron chi connectivity index (χ4n) is 0.884. The molecule has 2 N–H and O–H groups in total. The third-order valence-electron chi connectivity index (χ3n) is 1.44. The highest BCUT2D eigenvalue weighted by Crippen LogP contribution is 2.00. The van der Waals surface area contributed by atoms with E-state index < -0.39 is 0 Å². The average molecular weight is 183 g/mol. The van der Waals surface area contributed by atoms with Crippen molar-refractivity contribution in [3.63, 3.8) is 0 Å². The van der Waals surface area contributed by atoms with E-state index in [0.29, 0.717) is 18.3 Å². The number of likely N-dealkylation sites (N-methyl/N-ethyl adjacent to an activating group) is 1. The number of nitrogens with zero attached hydrogens (tertiary/aromatic N) is 1. The summed E-state index contributed by atoms with van der Waals surface area (Å²) in [6.07, 6.45) is 0. The lowest BCUT2D eigenvalue weighted by Gasteiger charge is -2.03. The number of rotatable bonds is 4. The molecule has 0 saturated heterocycles. The maximum atomic E-state index is 11.0. The number of aryl methyl sites for hydroxylation is 1. The van der Waals surface area contributed by atoms with Crippen LogP contribution >= 0.6 is 0 Å². The third-order valence-corrected chi connectivity index (χ3v) is 1.44. The second-order valence-electron chi connectivity index (χ2n) is 2.62. The van der Waals surface area contributed by atoms with Gasteiger partial charge in [-0.3, -0.25) is 4.79 Å². The molecule has 0 aliphatic rings. The van der Waals surface area contributed by atoms with Gasteiger partial charge in [0.05, 0.1) is 6.07 Å². The Morgan fingerprint density at radius 3 is 3.08 bits per heavy atom. The fraction of sp³-hybridized carbons (Fsp3) is 0.500. The predicted molar refractivity (Wildman–Crippen MR) is 49.0 cm³/mol. The number of aromatic amines is 1. The number of ether oxygens (including phenoxy) is 1. The number of hydrogen-bond acceptors (Lipinski definition) is 4. The van der Waals surface area contributed by atoms with Gasteiger partial charge in [-0.15, -0.1) is 0 Å². The third kappa shape index (κ3) is 3.25. The van der Waals surface area contributed by atoms with Gasteiger partial charge in [0.2, 0.25) is 5.88 Å². The zero-order valence-electron chi connectivity index (χ0n) is 7.76. The second kappa shape index (κ2) is 4.61. The van der Waals surface area contributed by atoms with Gasteiger partial charge in [0.15, 0.2) is 0 Å². The van der Waals surface area contributed by atoms with Crippen LogP contribution in [0.3, 0.4) is 0 Å². The number of H-pyrrole nitrogens is 1. The largest absolute Gasteiger partial charge is 0.476 e. The zero-order chi connectivity index (χ0) is 9.68. The van der Waals surface area contributed by atoms with E-state index in [1.807, 2.05) is 7.05 Å². The monoisotopic (exact) mass is 183 g/mol. The molecule has 1 aromatic rings. The van der Waals surface area contributed by atoms with Gasteiger partial charge in [-0.05, 0) is 14.0 Å². The summed E-state index contributed by atoms with van der Waals surface area (Å²) >= 11 is 0. The van der Waals surface area contributed by atoms with Gasteiger partial charge in [-0.25, -0.2) is 4.98 Å². The Labute approximate surface area is 76.2 Å². The maximum absolute atomic E-state index is 11.0. The highest BCUT2D eigenvalue weighted by molar-refractivity contribution is 5.07. The van der Waals surface area contributed by atoms with Crippen molar-refractivity contribution in [2.24, 2.45) is 0 Å². The zero-order valence-corrected chi connectivity index (χ0v) is 7.76. The van der Waals surface area contributed by atoms with Gasteiger partial charge < -0.3 is 15.0 Å². The van der Waals surface area contributed by atoms with Crippen molar-refractivity contribution in [3.05, 3.63) is 22.2 Å². The minimum absolute atomic E-state index is 0.188. The van der Waals surface area contributed by atoms with Gasteiger partial charge in [-0.2, -0.15) is 0 Å². The van der Waals surface area contributed by atoms with Crippen molar-refractivity contribution in [1.82, 2.24) is 15.3 Å². The summed E-state index contributed by atoms with van der Waals surface area (Å²) in [6.45, 7) is 2.95. The van der Waals surface area contributed by atoms with Crippen molar-refractivity contribution in [3.8, 4) is 5.88 Å². The first-order chi connectivity index (χ1) is 6.22. The quantitative estimate of drug-likeness (QED) is 0.628. The Hall–Kier alpha value is -1.36. The molecule has 1 aromatic heterocycles. The predicted octanol–water partition coefficient (Wildman–Crippen LogP) is -0.323. The SMILES string of the molecule is CNCCOc1cc(=O)[nH]c(C)n1. The van der Waals surface area contributed by atoms with Gasteiger partial charge in [0.25, 0.3) is 5.56 Å². The minimum Gasteiger partial charge on any atom is -0.476 e. The van der Waals surface area contributed by atoms with Crippen molar-refractivity contribution in [1.29, 1.82) is 0 Å². The van der Waals surface area contributed by atoms with Gasteiger partial charge in [0, 0.05) is 6.54 Å². The fourth-order valence-corrected chi connectivity index (χ4v) is 0.884. The first-order valence-corrected chi connectivity index (χ1v) is 4.08. The van der Waals surface area contributed by atoms with Crippen LogP contribution < -0.4 is 15.6 Å². The number of nitrogens with one attached hydrogen (secondary N) is 2. The molecule has 0 aliphatic heterocycles. The van der Waals surface area contributed by atoms with E-state index in [2.05, 4.69) is 15.3 Å². The summed E-state index contributed by atoms with van der Waals surface area (Å²) < 4.78 is 5.21. The van der Waals surface area contributed by atoms with Crippen molar-refractivity contribution in [2.75, 3.05) is 20.2 Å². The van der Waals surface area contributed by atoms with Crippen molar-refractivity contribution in [2.45, 2.75) is 6.92 Å². The molecule has 0 amide bonds. The standard InChI is InChI=1S/C8H13N3O2/c1-6-10-7(12)5-8(11-6)13-4-3-9-2/h5,9H,3-4H2,1-2H3,(H,10,11,12). The number of hydrogen-bond donors (Lipinski definition) is 2. The van der Waals surface area contributed by atoms with Gasteiger partial charge >= 0.3 is 0 Å². The lowest BCUT2D eigenvalue weighted by molar-refractivity contribution is 0.304. The summed E-state index contributed by atoms with van der Waals surface area (Å²) in [6, 6.07) is 1.34. The highest BCUT2D eigenvalue weighted by Gasteiger charge is 1.97. The van der Waals surface area contributed by atoms with Crippen LogP contribution in [-0.4, -0.2) is 30.2 Å². The summed E-state index contributed by atoms with van der Waals surface area (Å²) in [7, 11) is 1.83. The van der Waals surface area contributed by atoms with Crippen molar-refractivity contribution >= 4 is 0 Å². The molecule has 0 aliphatic carbocycles. The first-order valence-electron chi connectivity index (χ1n) is 4.08. The Morgan fingerprint density at radius 2 is 2.46 bits per heavy atom. The molecule has 0 radical (unpaired) electrons. The molecular weight excluding hydrogens is 170 g/mol. The van der Waals surface area contributed by atoms with E-state index in [1.54, 1.807) is 6.92 Å². The van der Waals surface area contributed by atoms with E-state index in [0.717, 1.165) is 6.54 Å². The number of aromatic nitrogens is 2. The summed E-state index contributed by atoms with van der Waals surface area (Å²) in [4.78, 5) is 17.5. The molecule has 1 rings (SSSR count). The first kappa shape index (κ1) is 9.73. The van der Waals surface area contributed by atoms with Crippen LogP contribution in [0.15, 0.2) is 10.9 Å². The smallest absolute Gasteiger partial charge is 0.254 e. The van der Waals surface area contributed by atoms with E-state index in [1.165, 1.54) is 6.07 Å². The van der Waals surface area contributed by atoms with Crippen LogP contribution in [-0.2, 0) is 0 Å². The molecule has 0 unspecified atom stereocenters. The molecule has 0 aromatic carbocycles. The topological polar surface area (TPSA) is 67.0 Å². The van der Waals surface area contributed by atoms with Crippen LogP contribution in [0, 0.1) is 6.92 Å². The van der Waals surface area contributed by atoms with Crippen molar-refractivity contribution < 1.29 is 4.74 Å². The molecule has 1 heterocycles. The Kier molecular flexibility index (Phi) is 3.45. The Bertz CT molecular complexity index is 321. The molecule has 5 nitrogen and oxygen atoms in total. The van der Waals surface area contributed by atoms with E-state index in [4.69, 9.17) is 4.74 Å². The average Bonchev–Trinajstić information content (AvgIpc) is 2.03. The molecule has 0 atom stereocenters. The summed E-state index contributed by atoms with van der Waals surface area (Å²) in [5.74, 6) is 0.934. The lowest BCUT2D eigenvalue weighted by atomic mass is 10.5. The normalized spacial score (nSPS) is 10.0. The van der Waals surface area contributed by atoms with Gasteiger partial charge in [-0.1, -0.05) is 0 Å². The van der Waals surface area contributed by atoms with E-state index in [9.17, 15) is 4.79 Å². The summed E-state index contributed by atoms with van der Waals surface area (Å²) in [5, 5.41) is 2.93. The van der Waals surface area contributed by atoms with Gasteiger partial charge in [0.1, 0.15) is 12.4 Å². The van der Waals surface area contributed by atoms with Crippen LogP contribution in [0.2, 0.25) is 0 Å². The maximum Gasteiger partial charge on any atom is 0.254 e. The molecule has 0 saturated carbocycles. The Balaban J connectivity index is 2.61. The molecule has 5 heteroatoms. The molecule has 72 valence electrons. The molecule has 0 spiro atoms. The van der Waals surface area contributed by atoms with Crippen LogP contribution in [0.5, 0.6) is 5.88 Å². The van der Waals surface area contributed by atoms with Crippen LogP contribution in [0.1, 0.15) is 5.82 Å². The van der Waals surface area contributed by atoms with E-state index >= 15 is 0 Å². The molecular formula is C8H13N3O2. The second-order valence-corrected chi connectivity index (χ2v) is 2.62. The molecule has 13 heavy (non-hydrogen) atoms. The highest BCUT2D eigenvalue weighted by atomic mass is 16.5. The summed E-state index contributed by atoms with van der Waals surface area (Å²) in [5.41, 5.74) is -0.188.